The van der Waals surface area contributed by atoms with Gasteiger partial charge in [-0.25, -0.2) is 4.98 Å². The number of benzene rings is 3. The number of halogens is 1. The van der Waals surface area contributed by atoms with Crippen LogP contribution in [-0.2, 0) is 0 Å². The Balaban J connectivity index is 1.39. The number of nitrogens with one attached hydrogen (secondary N) is 2. The number of rotatable bonds is 4. The Bertz CT molecular complexity index is 1280. The Morgan fingerprint density at radius 2 is 1.69 bits per heavy atom. The maximum absolute atomic E-state index is 4.70. The van der Waals surface area contributed by atoms with Gasteiger partial charge in [0.15, 0.2) is 0 Å². The molecule has 5 rings (SSSR count). The maximum Gasteiger partial charge on any atom is 0.138 e. The largest absolute Gasteiger partial charge is 0.356 e. The molecule has 0 aliphatic rings. The van der Waals surface area contributed by atoms with Crippen molar-refractivity contribution in [3.8, 4) is 22.6 Å². The Hall–Kier alpha value is -3.51. The molecule has 0 radical (unpaired) electrons. The highest BCUT2D eigenvalue weighted by Gasteiger charge is 2.07. The van der Waals surface area contributed by atoms with Gasteiger partial charge in [-0.05, 0) is 54.6 Å². The molecular formula is C23H16BrN5. The van der Waals surface area contributed by atoms with Crippen molar-refractivity contribution in [1.82, 2.24) is 20.2 Å². The second kappa shape index (κ2) is 7.48. The fourth-order valence-electron chi connectivity index (χ4n) is 3.21. The number of hydrogen-bond donors (Lipinski definition) is 2. The Labute approximate surface area is 176 Å². The third kappa shape index (κ3) is 3.75. The molecule has 29 heavy (non-hydrogen) atoms. The van der Waals surface area contributed by atoms with Gasteiger partial charge in [0.2, 0.25) is 0 Å². The fourth-order valence-corrected chi connectivity index (χ4v) is 3.57. The molecule has 0 spiro atoms. The summed E-state index contributed by atoms with van der Waals surface area (Å²) >= 11 is 3.50. The molecule has 0 saturated carbocycles. The lowest BCUT2D eigenvalue weighted by atomic mass is 10.1. The third-order valence-corrected chi connectivity index (χ3v) is 5.11. The summed E-state index contributed by atoms with van der Waals surface area (Å²) in [6.45, 7) is 0. The maximum atomic E-state index is 4.70. The average Bonchev–Trinajstić information content (AvgIpc) is 3.18. The van der Waals surface area contributed by atoms with E-state index in [0.29, 0.717) is 0 Å². The zero-order valence-electron chi connectivity index (χ0n) is 15.3. The van der Waals surface area contributed by atoms with Crippen molar-refractivity contribution in [3.05, 3.63) is 89.5 Å². The molecule has 0 saturated heterocycles. The Morgan fingerprint density at radius 3 is 2.52 bits per heavy atom. The van der Waals surface area contributed by atoms with Crippen molar-refractivity contribution in [2.24, 2.45) is 0 Å². The minimum absolute atomic E-state index is 0.847. The van der Waals surface area contributed by atoms with Gasteiger partial charge in [-0.3, -0.25) is 0 Å². The van der Waals surface area contributed by atoms with E-state index in [9.17, 15) is 0 Å². The minimum Gasteiger partial charge on any atom is -0.356 e. The molecule has 0 amide bonds. The van der Waals surface area contributed by atoms with Crippen LogP contribution in [0.2, 0.25) is 0 Å². The lowest BCUT2D eigenvalue weighted by Crippen LogP contribution is -1.92. The molecule has 140 valence electrons. The number of aromatic amines is 1. The van der Waals surface area contributed by atoms with Gasteiger partial charge in [0.25, 0.3) is 0 Å². The van der Waals surface area contributed by atoms with Crippen molar-refractivity contribution < 1.29 is 0 Å². The van der Waals surface area contributed by atoms with E-state index in [1.54, 1.807) is 6.20 Å². The van der Waals surface area contributed by atoms with E-state index >= 15 is 0 Å². The highest BCUT2D eigenvalue weighted by atomic mass is 79.9. The summed E-state index contributed by atoms with van der Waals surface area (Å²) in [6, 6.07) is 26.2. The molecule has 0 bridgehead atoms. The topological polar surface area (TPSA) is 66.5 Å². The normalized spacial score (nSPS) is 10.9. The van der Waals surface area contributed by atoms with Gasteiger partial charge in [-0.15, -0.1) is 0 Å². The molecular weight excluding hydrogens is 426 g/mol. The van der Waals surface area contributed by atoms with Gasteiger partial charge >= 0.3 is 0 Å². The highest BCUT2D eigenvalue weighted by Crippen LogP contribution is 2.27. The van der Waals surface area contributed by atoms with Gasteiger partial charge in [-0.1, -0.05) is 40.2 Å². The lowest BCUT2D eigenvalue weighted by Gasteiger charge is -2.08. The van der Waals surface area contributed by atoms with Crippen LogP contribution < -0.4 is 5.32 Å². The second-order valence-corrected chi connectivity index (χ2v) is 7.55. The van der Waals surface area contributed by atoms with Crippen LogP contribution in [0.1, 0.15) is 0 Å². The lowest BCUT2D eigenvalue weighted by molar-refractivity contribution is 1.04. The van der Waals surface area contributed by atoms with Crippen molar-refractivity contribution in [2.45, 2.75) is 0 Å². The molecule has 5 nitrogen and oxygen atoms in total. The Morgan fingerprint density at radius 1 is 0.793 bits per heavy atom. The van der Waals surface area contributed by atoms with Gasteiger partial charge in [0, 0.05) is 33.2 Å². The van der Waals surface area contributed by atoms with Crippen LogP contribution in [-0.4, -0.2) is 20.2 Å². The Kier molecular flexibility index (Phi) is 4.54. The average molecular weight is 442 g/mol. The molecule has 0 fully saturated rings. The number of H-pyrrole nitrogens is 1. The molecule has 0 unspecified atom stereocenters. The highest BCUT2D eigenvalue weighted by molar-refractivity contribution is 9.10. The van der Waals surface area contributed by atoms with E-state index in [4.69, 9.17) is 4.98 Å². The molecule has 0 aliphatic carbocycles. The third-order valence-electron chi connectivity index (χ3n) is 4.62. The molecule has 0 atom stereocenters. The van der Waals surface area contributed by atoms with Crippen molar-refractivity contribution in [2.75, 3.05) is 5.32 Å². The summed E-state index contributed by atoms with van der Waals surface area (Å²) in [5, 5.41) is 11.5. The van der Waals surface area contributed by atoms with E-state index in [0.717, 1.165) is 49.5 Å². The van der Waals surface area contributed by atoms with E-state index in [2.05, 4.69) is 48.6 Å². The summed E-state index contributed by atoms with van der Waals surface area (Å²) < 4.78 is 1.03. The zero-order valence-corrected chi connectivity index (χ0v) is 16.9. The molecule has 3 aromatic carbocycles. The van der Waals surface area contributed by atoms with Crippen LogP contribution >= 0.6 is 15.9 Å². The standard InChI is InChI=1S/C23H16BrN5/c24-17-8-11-21-22(14-17)28-23(27-21)16-3-1-4-19(13-16)26-18-9-6-15(7-10-18)20-5-2-12-25-29-20/h1-14,26H,(H,27,28). The fraction of sp³-hybridized carbons (Fsp3) is 0. The summed E-state index contributed by atoms with van der Waals surface area (Å²) in [5.41, 5.74) is 6.87. The van der Waals surface area contributed by atoms with Crippen molar-refractivity contribution in [1.29, 1.82) is 0 Å². The number of fused-ring (bicyclic) bond motifs is 1. The molecule has 5 aromatic rings. The minimum atomic E-state index is 0.847. The zero-order chi connectivity index (χ0) is 19.6. The van der Waals surface area contributed by atoms with Gasteiger partial charge in [0.1, 0.15) is 5.82 Å². The van der Waals surface area contributed by atoms with Crippen molar-refractivity contribution in [3.63, 3.8) is 0 Å². The van der Waals surface area contributed by atoms with E-state index in [1.807, 2.05) is 66.7 Å². The first-order valence-corrected chi connectivity index (χ1v) is 9.95. The molecule has 0 aliphatic heterocycles. The van der Waals surface area contributed by atoms with Crippen LogP contribution in [0.25, 0.3) is 33.7 Å². The summed E-state index contributed by atoms with van der Waals surface area (Å²) in [7, 11) is 0. The van der Waals surface area contributed by atoms with Gasteiger partial charge in [0.05, 0.1) is 16.7 Å². The number of imidazole rings is 1. The molecule has 2 heterocycles. The predicted octanol–water partition coefficient (Wildman–Crippen LogP) is 6.19. The smallest absolute Gasteiger partial charge is 0.138 e. The van der Waals surface area contributed by atoms with Crippen LogP contribution in [0.15, 0.2) is 89.5 Å². The van der Waals surface area contributed by atoms with Crippen molar-refractivity contribution >= 4 is 38.3 Å². The number of nitrogens with zero attached hydrogens (tertiary/aromatic N) is 3. The first-order valence-electron chi connectivity index (χ1n) is 9.15. The van der Waals surface area contributed by atoms with Gasteiger partial charge < -0.3 is 10.3 Å². The SMILES string of the molecule is Brc1ccc2nc(-c3cccc(Nc4ccc(-c5cccnn5)cc4)c3)[nH]c2c1. The first kappa shape index (κ1) is 17.6. The molecule has 2 N–H and O–H groups in total. The summed E-state index contributed by atoms with van der Waals surface area (Å²) in [4.78, 5) is 8.09. The number of hydrogen-bond acceptors (Lipinski definition) is 4. The first-order chi connectivity index (χ1) is 14.2. The van der Waals surface area contributed by atoms with Crippen LogP contribution in [0.5, 0.6) is 0 Å². The van der Waals surface area contributed by atoms with E-state index in [1.165, 1.54) is 0 Å². The predicted molar refractivity (Wildman–Crippen MR) is 120 cm³/mol. The van der Waals surface area contributed by atoms with E-state index in [-0.39, 0.29) is 0 Å². The van der Waals surface area contributed by atoms with E-state index < -0.39 is 0 Å². The van der Waals surface area contributed by atoms with Crippen LogP contribution in [0.4, 0.5) is 11.4 Å². The monoisotopic (exact) mass is 441 g/mol. The molecule has 6 heteroatoms. The number of aromatic nitrogens is 4. The van der Waals surface area contributed by atoms with Crippen LogP contribution in [0.3, 0.4) is 0 Å². The second-order valence-electron chi connectivity index (χ2n) is 6.64. The summed E-state index contributed by atoms with van der Waals surface area (Å²) in [5.74, 6) is 0.847. The summed E-state index contributed by atoms with van der Waals surface area (Å²) in [6.07, 6.45) is 1.67. The number of anilines is 2. The van der Waals surface area contributed by atoms with Crippen LogP contribution in [0, 0.1) is 0 Å². The quantitative estimate of drug-likeness (QED) is 0.348. The molecule has 2 aromatic heterocycles. The van der Waals surface area contributed by atoms with Gasteiger partial charge in [-0.2, -0.15) is 10.2 Å².